The summed E-state index contributed by atoms with van der Waals surface area (Å²) in [6, 6.07) is 15.0. The van der Waals surface area contributed by atoms with E-state index in [0.29, 0.717) is 24.5 Å². The molecule has 8 nitrogen and oxygen atoms in total. The maximum Gasteiger partial charge on any atom is 0.332 e. The van der Waals surface area contributed by atoms with Gasteiger partial charge in [-0.15, -0.1) is 0 Å². The molecule has 2 aromatic carbocycles. The number of oxime groups is 1. The molecule has 36 heavy (non-hydrogen) atoms. The van der Waals surface area contributed by atoms with Gasteiger partial charge < -0.3 is 30.7 Å². The van der Waals surface area contributed by atoms with E-state index in [2.05, 4.69) is 21.5 Å². The number of carbonyl (C=O) groups is 1. The molecular weight excluding hydrogens is 456 g/mol. The van der Waals surface area contributed by atoms with Crippen LogP contribution in [0, 0.1) is 5.92 Å². The van der Waals surface area contributed by atoms with Crippen molar-refractivity contribution in [3.8, 4) is 11.5 Å². The fraction of sp³-hybridized carbons (Fsp3) is 0.429. The molecule has 1 fully saturated rings. The van der Waals surface area contributed by atoms with Crippen molar-refractivity contribution in [2.24, 2.45) is 22.5 Å². The maximum absolute atomic E-state index is 10.8. The minimum Gasteiger partial charge on any atom is -0.494 e. The minimum absolute atomic E-state index is 0.153. The van der Waals surface area contributed by atoms with Gasteiger partial charge in [-0.05, 0) is 105 Å². The van der Waals surface area contributed by atoms with Gasteiger partial charge in [-0.25, -0.2) is 4.79 Å². The molecule has 0 spiro atoms. The maximum atomic E-state index is 10.8. The summed E-state index contributed by atoms with van der Waals surface area (Å²) in [5, 5.41) is 3.59. The number of benzene rings is 2. The number of piperidine rings is 1. The van der Waals surface area contributed by atoms with Gasteiger partial charge in [0, 0.05) is 24.7 Å². The van der Waals surface area contributed by atoms with Crippen LogP contribution in [0.1, 0.15) is 50.2 Å². The van der Waals surface area contributed by atoms with Gasteiger partial charge in [0.05, 0.1) is 13.2 Å². The van der Waals surface area contributed by atoms with Gasteiger partial charge in [0.25, 0.3) is 0 Å². The first kappa shape index (κ1) is 27.1. The summed E-state index contributed by atoms with van der Waals surface area (Å²) >= 11 is 0. The molecule has 194 valence electrons. The van der Waals surface area contributed by atoms with Gasteiger partial charge in [-0.1, -0.05) is 11.7 Å². The van der Waals surface area contributed by atoms with Crippen molar-refractivity contribution in [3.05, 3.63) is 66.2 Å². The molecule has 0 atom stereocenters. The number of nitrogens with two attached hydrogens (primary N) is 2. The van der Waals surface area contributed by atoms with Crippen LogP contribution in [0.5, 0.6) is 11.5 Å². The molecule has 8 heteroatoms. The first-order chi connectivity index (χ1) is 17.4. The third kappa shape index (κ3) is 9.26. The van der Waals surface area contributed by atoms with Crippen molar-refractivity contribution in [1.29, 1.82) is 0 Å². The van der Waals surface area contributed by atoms with E-state index in [1.165, 1.54) is 26.2 Å². The normalized spacial score (nSPS) is 14.9. The standard InChI is InChI=1S/C28H38N4O4/c1-21(29)24-6-10-26(11-7-24)35-20-4-16-32-17-14-23(15-18-32)5-3-19-34-27-12-8-25(9-13-27)28(30)31-36-22(2)33/h6-13,23H,1,3-5,14-20,29H2,2H3,(H2,30,31). The zero-order chi connectivity index (χ0) is 25.8. The number of hydrogen-bond acceptors (Lipinski definition) is 7. The fourth-order valence-corrected chi connectivity index (χ4v) is 4.19. The van der Waals surface area contributed by atoms with Gasteiger partial charge in [0.1, 0.15) is 11.5 Å². The number of rotatable bonds is 13. The first-order valence-corrected chi connectivity index (χ1v) is 12.5. The molecule has 0 aromatic heterocycles. The SMILES string of the molecule is C=C(N)c1ccc(OCCCN2CCC(CCCOc3ccc(/C(N)=N/OC(C)=O)cc3)CC2)cc1. The molecule has 1 aliphatic rings. The van der Waals surface area contributed by atoms with Gasteiger partial charge >= 0.3 is 5.97 Å². The Kier molecular flexibility index (Phi) is 10.6. The Morgan fingerprint density at radius 2 is 1.50 bits per heavy atom. The molecule has 0 radical (unpaired) electrons. The third-order valence-corrected chi connectivity index (χ3v) is 6.27. The summed E-state index contributed by atoms with van der Waals surface area (Å²) in [5.41, 5.74) is 13.7. The Bertz CT molecular complexity index is 997. The lowest BCUT2D eigenvalue weighted by molar-refractivity contribution is -0.140. The quantitative estimate of drug-likeness (QED) is 0.141. The molecule has 0 aliphatic carbocycles. The molecule has 1 heterocycles. The van der Waals surface area contributed by atoms with E-state index < -0.39 is 5.97 Å². The van der Waals surface area contributed by atoms with Crippen LogP contribution in [0.25, 0.3) is 5.70 Å². The van der Waals surface area contributed by atoms with Gasteiger partial charge in [0.15, 0.2) is 5.84 Å². The topological polar surface area (TPSA) is 112 Å². The molecule has 1 aliphatic heterocycles. The molecule has 0 unspecified atom stereocenters. The fourth-order valence-electron chi connectivity index (χ4n) is 4.19. The molecular formula is C28H38N4O4. The van der Waals surface area contributed by atoms with Gasteiger partial charge in [-0.3, -0.25) is 0 Å². The third-order valence-electron chi connectivity index (χ3n) is 6.27. The minimum atomic E-state index is -0.508. The lowest BCUT2D eigenvalue weighted by atomic mass is 9.92. The van der Waals surface area contributed by atoms with Crippen molar-refractivity contribution >= 4 is 17.5 Å². The van der Waals surface area contributed by atoms with Gasteiger partial charge in [0.2, 0.25) is 0 Å². The Hall–Kier alpha value is -3.52. The summed E-state index contributed by atoms with van der Waals surface area (Å²) < 4.78 is 11.7. The number of likely N-dealkylation sites (tertiary alicyclic amines) is 1. The monoisotopic (exact) mass is 494 g/mol. The van der Waals surface area contributed by atoms with Crippen molar-refractivity contribution in [3.63, 3.8) is 0 Å². The molecule has 3 rings (SSSR count). The number of nitrogens with zero attached hydrogens (tertiary/aromatic N) is 2. The number of ether oxygens (including phenoxy) is 2. The predicted molar refractivity (Wildman–Crippen MR) is 143 cm³/mol. The van der Waals surface area contributed by atoms with Crippen LogP contribution < -0.4 is 20.9 Å². The van der Waals surface area contributed by atoms with E-state index >= 15 is 0 Å². The Labute approximate surface area is 213 Å². The molecule has 1 saturated heterocycles. The summed E-state index contributed by atoms with van der Waals surface area (Å²) in [4.78, 5) is 17.9. The van der Waals surface area contributed by atoms with Crippen molar-refractivity contribution < 1.29 is 19.1 Å². The number of hydrogen-bond donors (Lipinski definition) is 2. The molecule has 0 saturated carbocycles. The molecule has 4 N–H and O–H groups in total. The average molecular weight is 495 g/mol. The van der Waals surface area contributed by atoms with E-state index in [-0.39, 0.29) is 5.84 Å². The average Bonchev–Trinajstić information content (AvgIpc) is 2.89. The van der Waals surface area contributed by atoms with E-state index in [0.717, 1.165) is 55.5 Å². The van der Waals surface area contributed by atoms with Crippen LogP contribution in [0.15, 0.2) is 60.3 Å². The Balaban J connectivity index is 1.24. The highest BCUT2D eigenvalue weighted by Crippen LogP contribution is 2.23. The number of carbonyl (C=O) groups excluding carboxylic acids is 1. The smallest absolute Gasteiger partial charge is 0.332 e. The van der Waals surface area contributed by atoms with E-state index in [9.17, 15) is 4.79 Å². The highest BCUT2D eigenvalue weighted by molar-refractivity contribution is 5.97. The van der Waals surface area contributed by atoms with Gasteiger partial charge in [-0.2, -0.15) is 0 Å². The molecule has 2 aromatic rings. The first-order valence-electron chi connectivity index (χ1n) is 12.5. The Morgan fingerprint density at radius 3 is 2.06 bits per heavy atom. The van der Waals surface area contributed by atoms with Crippen LogP contribution in [-0.4, -0.2) is 49.6 Å². The van der Waals surface area contributed by atoms with Crippen LogP contribution in [-0.2, 0) is 9.63 Å². The van der Waals surface area contributed by atoms with Crippen molar-refractivity contribution in [2.45, 2.75) is 39.0 Å². The molecule has 0 bridgehead atoms. The van der Waals surface area contributed by atoms with Crippen molar-refractivity contribution in [2.75, 3.05) is 32.8 Å². The van der Waals surface area contributed by atoms with E-state index in [4.69, 9.17) is 20.9 Å². The zero-order valence-electron chi connectivity index (χ0n) is 21.2. The summed E-state index contributed by atoms with van der Waals surface area (Å²) in [6.07, 6.45) is 5.71. The Morgan fingerprint density at radius 1 is 0.944 bits per heavy atom. The summed E-state index contributed by atoms with van der Waals surface area (Å²) in [5.74, 6) is 2.06. The van der Waals surface area contributed by atoms with Crippen LogP contribution in [0.3, 0.4) is 0 Å². The van der Waals surface area contributed by atoms with Crippen LogP contribution in [0.4, 0.5) is 0 Å². The largest absolute Gasteiger partial charge is 0.494 e. The second kappa shape index (κ2) is 14.1. The lowest BCUT2D eigenvalue weighted by Crippen LogP contribution is -2.35. The second-order valence-corrected chi connectivity index (χ2v) is 9.11. The molecule has 0 amide bonds. The van der Waals surface area contributed by atoms with Crippen LogP contribution in [0.2, 0.25) is 0 Å². The second-order valence-electron chi connectivity index (χ2n) is 9.11. The number of amidine groups is 1. The predicted octanol–water partition coefficient (Wildman–Crippen LogP) is 4.14. The van der Waals surface area contributed by atoms with Crippen LogP contribution >= 0.6 is 0 Å². The van der Waals surface area contributed by atoms with Crippen molar-refractivity contribution in [1.82, 2.24) is 4.90 Å². The van der Waals surface area contributed by atoms with E-state index in [1.54, 1.807) is 12.1 Å². The lowest BCUT2D eigenvalue weighted by Gasteiger charge is -2.32. The summed E-state index contributed by atoms with van der Waals surface area (Å²) in [7, 11) is 0. The highest BCUT2D eigenvalue weighted by Gasteiger charge is 2.18. The summed E-state index contributed by atoms with van der Waals surface area (Å²) in [6.45, 7) is 9.79. The highest BCUT2D eigenvalue weighted by atomic mass is 16.7. The van der Waals surface area contributed by atoms with E-state index in [1.807, 2.05) is 36.4 Å². The zero-order valence-corrected chi connectivity index (χ0v) is 21.2.